The van der Waals surface area contributed by atoms with Gasteiger partial charge in [-0.15, -0.1) is 0 Å². The van der Waals surface area contributed by atoms with Crippen LogP contribution in [-0.2, 0) is 16.1 Å². The molecule has 5 rings (SSSR count). The van der Waals surface area contributed by atoms with Crippen molar-refractivity contribution in [2.75, 3.05) is 4.90 Å². The number of nitrogens with zero attached hydrogens (tertiary/aromatic N) is 2. The molecular formula is C28H22FN3O3. The lowest BCUT2D eigenvalue weighted by atomic mass is 10.0. The molecule has 0 unspecified atom stereocenters. The number of aryl methyl sites for hydroxylation is 1. The van der Waals surface area contributed by atoms with Crippen molar-refractivity contribution >= 4 is 40.5 Å². The fourth-order valence-electron chi connectivity index (χ4n) is 4.37. The van der Waals surface area contributed by atoms with Gasteiger partial charge in [0.1, 0.15) is 11.4 Å². The van der Waals surface area contributed by atoms with E-state index in [1.54, 1.807) is 42.5 Å². The van der Waals surface area contributed by atoms with Crippen LogP contribution in [0.4, 0.5) is 14.9 Å². The van der Waals surface area contributed by atoms with Crippen molar-refractivity contribution in [1.82, 2.24) is 9.88 Å². The predicted molar refractivity (Wildman–Crippen MR) is 132 cm³/mol. The Balaban J connectivity index is 1.62. The van der Waals surface area contributed by atoms with Gasteiger partial charge in [0, 0.05) is 27.7 Å². The number of urea groups is 1. The van der Waals surface area contributed by atoms with E-state index in [0.717, 1.165) is 27.1 Å². The van der Waals surface area contributed by atoms with Gasteiger partial charge < -0.3 is 4.57 Å². The average Bonchev–Trinajstić information content (AvgIpc) is 3.10. The molecule has 1 fully saturated rings. The Labute approximate surface area is 201 Å². The molecule has 0 radical (unpaired) electrons. The molecule has 1 aliphatic rings. The molecule has 3 aromatic carbocycles. The highest BCUT2D eigenvalue weighted by atomic mass is 19.1. The Morgan fingerprint density at radius 1 is 0.886 bits per heavy atom. The van der Waals surface area contributed by atoms with Gasteiger partial charge in [-0.05, 0) is 44.2 Å². The maximum Gasteiger partial charge on any atom is 0.335 e. The van der Waals surface area contributed by atoms with Gasteiger partial charge in [0.15, 0.2) is 0 Å². The van der Waals surface area contributed by atoms with E-state index < -0.39 is 17.8 Å². The summed E-state index contributed by atoms with van der Waals surface area (Å²) < 4.78 is 16.3. The normalized spacial score (nSPS) is 15.2. The number of para-hydroxylation sites is 1. The third kappa shape index (κ3) is 3.91. The van der Waals surface area contributed by atoms with Crippen molar-refractivity contribution in [3.8, 4) is 0 Å². The van der Waals surface area contributed by atoms with Crippen LogP contribution in [0.25, 0.3) is 17.0 Å². The summed E-state index contributed by atoms with van der Waals surface area (Å²) in [5.74, 6) is -1.76. The molecule has 1 N–H and O–H groups in total. The van der Waals surface area contributed by atoms with Crippen molar-refractivity contribution in [3.05, 3.63) is 107 Å². The standard InChI is InChI=1S/C28H22FN3O3/c1-17-11-13-20(14-12-17)32-27(34)23(26(33)30-28(32)35)15-22-18(2)31(25-10-6-4-8-21(22)25)16-19-7-3-5-9-24(19)29/h3-15H,16H2,1-2H3,(H,30,33,35)/b23-15+. The van der Waals surface area contributed by atoms with Crippen LogP contribution in [-0.4, -0.2) is 22.4 Å². The number of hydrogen-bond donors (Lipinski definition) is 1. The molecule has 2 heterocycles. The smallest absolute Gasteiger partial charge is 0.335 e. The number of nitrogens with one attached hydrogen (secondary N) is 1. The molecular weight excluding hydrogens is 445 g/mol. The molecule has 4 aromatic rings. The number of imide groups is 2. The van der Waals surface area contributed by atoms with Crippen LogP contribution < -0.4 is 10.2 Å². The zero-order chi connectivity index (χ0) is 24.7. The lowest BCUT2D eigenvalue weighted by molar-refractivity contribution is -0.122. The summed E-state index contributed by atoms with van der Waals surface area (Å²) in [5.41, 5.74) is 3.99. The molecule has 1 aromatic heterocycles. The third-order valence-electron chi connectivity index (χ3n) is 6.25. The zero-order valence-electron chi connectivity index (χ0n) is 19.2. The first kappa shape index (κ1) is 22.3. The first-order valence-electron chi connectivity index (χ1n) is 11.1. The van der Waals surface area contributed by atoms with Crippen LogP contribution >= 0.6 is 0 Å². The number of aromatic nitrogens is 1. The number of carbonyl (C=O) groups is 3. The topological polar surface area (TPSA) is 71.4 Å². The zero-order valence-corrected chi connectivity index (χ0v) is 19.2. The summed E-state index contributed by atoms with van der Waals surface area (Å²) in [5, 5.41) is 3.08. The van der Waals surface area contributed by atoms with Crippen LogP contribution in [0.1, 0.15) is 22.4 Å². The van der Waals surface area contributed by atoms with E-state index in [1.807, 2.05) is 42.7 Å². The Morgan fingerprint density at radius 2 is 1.57 bits per heavy atom. The van der Waals surface area contributed by atoms with Gasteiger partial charge in [-0.3, -0.25) is 14.9 Å². The molecule has 0 atom stereocenters. The van der Waals surface area contributed by atoms with E-state index in [4.69, 9.17) is 0 Å². The minimum atomic E-state index is -0.792. The largest absolute Gasteiger partial charge is 0.340 e. The number of hydrogen-bond acceptors (Lipinski definition) is 3. The van der Waals surface area contributed by atoms with Crippen LogP contribution in [0, 0.1) is 19.7 Å². The second-order valence-electron chi connectivity index (χ2n) is 8.49. The Hall–Kier alpha value is -4.52. The van der Waals surface area contributed by atoms with Crippen molar-refractivity contribution in [3.63, 3.8) is 0 Å². The van der Waals surface area contributed by atoms with Gasteiger partial charge in [0.05, 0.1) is 12.2 Å². The maximum absolute atomic E-state index is 14.4. The van der Waals surface area contributed by atoms with Crippen LogP contribution in [0.15, 0.2) is 78.4 Å². The monoisotopic (exact) mass is 467 g/mol. The Morgan fingerprint density at radius 3 is 2.31 bits per heavy atom. The maximum atomic E-state index is 14.4. The second-order valence-corrected chi connectivity index (χ2v) is 8.49. The number of halogens is 1. The molecule has 6 nitrogen and oxygen atoms in total. The number of benzene rings is 3. The fourth-order valence-corrected chi connectivity index (χ4v) is 4.37. The van der Waals surface area contributed by atoms with Gasteiger partial charge in [-0.1, -0.05) is 54.1 Å². The van der Waals surface area contributed by atoms with Crippen LogP contribution in [0.5, 0.6) is 0 Å². The molecule has 0 saturated carbocycles. The summed E-state index contributed by atoms with van der Waals surface area (Å²) in [6.07, 6.45) is 1.51. The Kier molecular flexibility index (Phi) is 5.53. The number of carbonyl (C=O) groups excluding carboxylic acids is 3. The first-order valence-corrected chi connectivity index (χ1v) is 11.1. The van der Waals surface area contributed by atoms with Gasteiger partial charge in [-0.2, -0.15) is 0 Å². The number of anilines is 1. The van der Waals surface area contributed by atoms with Gasteiger partial charge in [-0.25, -0.2) is 14.1 Å². The third-order valence-corrected chi connectivity index (χ3v) is 6.25. The Bertz CT molecular complexity index is 1530. The number of amides is 4. The van der Waals surface area contributed by atoms with E-state index in [1.165, 1.54) is 12.1 Å². The fraction of sp³-hybridized carbons (Fsp3) is 0.107. The molecule has 4 amide bonds. The van der Waals surface area contributed by atoms with Gasteiger partial charge >= 0.3 is 6.03 Å². The summed E-state index contributed by atoms with van der Waals surface area (Å²) in [7, 11) is 0. The van der Waals surface area contributed by atoms with E-state index in [9.17, 15) is 18.8 Å². The van der Waals surface area contributed by atoms with E-state index in [0.29, 0.717) is 16.8 Å². The molecule has 7 heteroatoms. The highest BCUT2D eigenvalue weighted by molar-refractivity contribution is 6.39. The summed E-state index contributed by atoms with van der Waals surface area (Å²) >= 11 is 0. The van der Waals surface area contributed by atoms with Crippen molar-refractivity contribution in [2.45, 2.75) is 20.4 Å². The predicted octanol–water partition coefficient (Wildman–Crippen LogP) is 5.11. The number of barbiturate groups is 1. The quantitative estimate of drug-likeness (QED) is 0.335. The van der Waals surface area contributed by atoms with Gasteiger partial charge in [0.2, 0.25) is 0 Å². The summed E-state index contributed by atoms with van der Waals surface area (Å²) in [6, 6.07) is 20.2. The van der Waals surface area contributed by atoms with Crippen LogP contribution in [0.2, 0.25) is 0 Å². The lowest BCUT2D eigenvalue weighted by Gasteiger charge is -2.26. The van der Waals surface area contributed by atoms with Crippen LogP contribution in [0.3, 0.4) is 0 Å². The summed E-state index contributed by atoms with van der Waals surface area (Å²) in [6.45, 7) is 4.05. The highest BCUT2D eigenvalue weighted by Gasteiger charge is 2.37. The second kappa shape index (κ2) is 8.68. The highest BCUT2D eigenvalue weighted by Crippen LogP contribution is 2.30. The number of fused-ring (bicyclic) bond motifs is 1. The SMILES string of the molecule is Cc1ccc(N2C(=O)NC(=O)/C(=C\c3c(C)n(Cc4ccccc4F)c4ccccc34)C2=O)cc1. The molecule has 35 heavy (non-hydrogen) atoms. The van der Waals surface area contributed by atoms with Crippen molar-refractivity contribution < 1.29 is 18.8 Å². The minimum Gasteiger partial charge on any atom is -0.340 e. The molecule has 0 bridgehead atoms. The van der Waals surface area contributed by atoms with Gasteiger partial charge in [0.25, 0.3) is 11.8 Å². The number of rotatable bonds is 4. The van der Waals surface area contributed by atoms with E-state index in [2.05, 4.69) is 5.32 Å². The first-order chi connectivity index (χ1) is 16.8. The minimum absolute atomic E-state index is 0.151. The van der Waals surface area contributed by atoms with Crippen molar-refractivity contribution in [2.24, 2.45) is 0 Å². The summed E-state index contributed by atoms with van der Waals surface area (Å²) in [4.78, 5) is 39.6. The lowest BCUT2D eigenvalue weighted by Crippen LogP contribution is -2.54. The molecule has 0 spiro atoms. The molecule has 1 aliphatic heterocycles. The molecule has 1 saturated heterocycles. The molecule has 0 aliphatic carbocycles. The van der Waals surface area contributed by atoms with Crippen molar-refractivity contribution in [1.29, 1.82) is 0 Å². The molecule has 174 valence electrons. The average molecular weight is 468 g/mol. The van der Waals surface area contributed by atoms with E-state index >= 15 is 0 Å². The van der Waals surface area contributed by atoms with E-state index in [-0.39, 0.29) is 17.9 Å².